The van der Waals surface area contributed by atoms with Crippen LogP contribution >= 0.6 is 0 Å². The van der Waals surface area contributed by atoms with Crippen molar-refractivity contribution in [2.45, 2.75) is 57.1 Å². The Labute approximate surface area is 194 Å². The highest BCUT2D eigenvalue weighted by Gasteiger charge is 2.58. The number of amides is 1. The van der Waals surface area contributed by atoms with Gasteiger partial charge >= 0.3 is 0 Å². The van der Waals surface area contributed by atoms with Gasteiger partial charge in [0.15, 0.2) is 0 Å². The normalized spacial score (nSPS) is 35.0. The van der Waals surface area contributed by atoms with Gasteiger partial charge in [-0.25, -0.2) is 4.39 Å². The van der Waals surface area contributed by atoms with Crippen molar-refractivity contribution in [1.82, 2.24) is 10.3 Å². The first-order valence-corrected chi connectivity index (χ1v) is 12.4. The fraction of sp³-hybridized carbons (Fsp3) is 0.556. The molecule has 174 valence electrons. The lowest BCUT2D eigenvalue weighted by atomic mass is 9.48. The lowest BCUT2D eigenvalue weighted by Gasteiger charge is -2.58. The van der Waals surface area contributed by atoms with Crippen molar-refractivity contribution < 1.29 is 14.3 Å². The average molecular weight is 450 g/mol. The summed E-state index contributed by atoms with van der Waals surface area (Å²) in [6, 6.07) is 9.19. The largest absolute Gasteiger partial charge is 0.393 e. The van der Waals surface area contributed by atoms with Gasteiger partial charge in [0.05, 0.1) is 17.2 Å². The van der Waals surface area contributed by atoms with Crippen molar-refractivity contribution in [3.05, 3.63) is 48.5 Å². The van der Waals surface area contributed by atoms with Crippen molar-refractivity contribution in [2.75, 3.05) is 18.0 Å². The van der Waals surface area contributed by atoms with E-state index in [1.807, 2.05) is 24.3 Å². The van der Waals surface area contributed by atoms with Gasteiger partial charge in [0, 0.05) is 31.5 Å². The lowest BCUT2D eigenvalue weighted by molar-refractivity contribution is -0.163. The number of pyridine rings is 1. The molecule has 3 atom stereocenters. The minimum Gasteiger partial charge on any atom is -0.393 e. The SMILES string of the molecule is O=C(N[C@H]1CCCN(c2ccc(-c3ccncc3)cc2F)C1)C12CC3CC(C1)C(O)C(C3)C2. The van der Waals surface area contributed by atoms with E-state index in [1.54, 1.807) is 18.5 Å². The van der Waals surface area contributed by atoms with Crippen LogP contribution in [0.2, 0.25) is 0 Å². The van der Waals surface area contributed by atoms with Crippen molar-refractivity contribution in [3.63, 3.8) is 0 Å². The summed E-state index contributed by atoms with van der Waals surface area (Å²) in [7, 11) is 0. The zero-order valence-corrected chi connectivity index (χ0v) is 18.9. The van der Waals surface area contributed by atoms with Gasteiger partial charge in [-0.2, -0.15) is 0 Å². The van der Waals surface area contributed by atoms with Crippen LogP contribution in [0.1, 0.15) is 44.9 Å². The number of nitrogens with one attached hydrogen (secondary N) is 1. The van der Waals surface area contributed by atoms with Crippen molar-refractivity contribution in [1.29, 1.82) is 0 Å². The fourth-order valence-corrected chi connectivity index (χ4v) is 7.42. The molecule has 4 saturated carbocycles. The van der Waals surface area contributed by atoms with E-state index in [2.05, 4.69) is 15.2 Å². The molecule has 5 aliphatic rings. The highest BCUT2D eigenvalue weighted by Crippen LogP contribution is 2.60. The third kappa shape index (κ3) is 3.72. The van der Waals surface area contributed by atoms with E-state index < -0.39 is 0 Å². The zero-order valence-electron chi connectivity index (χ0n) is 18.9. The molecule has 2 unspecified atom stereocenters. The molecule has 0 radical (unpaired) electrons. The van der Waals surface area contributed by atoms with E-state index in [0.29, 0.717) is 18.2 Å². The summed E-state index contributed by atoms with van der Waals surface area (Å²) in [6.07, 6.45) is 9.85. The van der Waals surface area contributed by atoms with Crippen LogP contribution in [0.5, 0.6) is 0 Å². The fourth-order valence-electron chi connectivity index (χ4n) is 7.42. The Morgan fingerprint density at radius 1 is 1.09 bits per heavy atom. The summed E-state index contributed by atoms with van der Waals surface area (Å²) in [5.41, 5.74) is 2.09. The highest BCUT2D eigenvalue weighted by atomic mass is 19.1. The van der Waals surface area contributed by atoms with Crippen LogP contribution in [-0.4, -0.2) is 41.2 Å². The Morgan fingerprint density at radius 3 is 2.58 bits per heavy atom. The minimum atomic E-state index is -0.296. The standard InChI is InChI=1S/C27H32FN3O2/c28-23-12-19(18-5-7-29-8-6-18)3-4-24(23)31-9-1-2-22(16-31)30-26(33)27-13-17-10-20(14-27)25(32)21(11-17)15-27/h3-8,12,17,20-22,25,32H,1-2,9-11,13-16H2,(H,30,33)/t17?,20?,21?,22-,25?,27?/m0/s1. The number of hydrogen-bond acceptors (Lipinski definition) is 4. The molecular weight excluding hydrogens is 417 g/mol. The molecule has 7 rings (SSSR count). The first-order valence-electron chi connectivity index (χ1n) is 12.4. The number of aliphatic hydroxyl groups excluding tert-OH is 1. The molecule has 5 fully saturated rings. The van der Waals surface area contributed by atoms with Gasteiger partial charge in [0.1, 0.15) is 5.82 Å². The number of anilines is 1. The molecule has 4 bridgehead atoms. The smallest absolute Gasteiger partial charge is 0.226 e. The maximum absolute atomic E-state index is 15.1. The maximum atomic E-state index is 15.1. The number of nitrogens with zero attached hydrogens (tertiary/aromatic N) is 2. The van der Waals surface area contributed by atoms with Crippen LogP contribution < -0.4 is 10.2 Å². The second kappa shape index (κ2) is 8.08. The summed E-state index contributed by atoms with van der Waals surface area (Å²) in [5, 5.41) is 13.9. The molecule has 1 aliphatic heterocycles. The van der Waals surface area contributed by atoms with Crippen LogP contribution in [0, 0.1) is 29.0 Å². The van der Waals surface area contributed by atoms with Crippen molar-refractivity contribution >= 4 is 11.6 Å². The zero-order chi connectivity index (χ0) is 22.6. The molecule has 4 aliphatic carbocycles. The van der Waals surface area contributed by atoms with Gasteiger partial charge in [-0.3, -0.25) is 9.78 Å². The van der Waals surface area contributed by atoms with Crippen LogP contribution in [0.15, 0.2) is 42.7 Å². The number of rotatable bonds is 4. The first-order chi connectivity index (χ1) is 16.0. The Hall–Kier alpha value is -2.47. The summed E-state index contributed by atoms with van der Waals surface area (Å²) in [4.78, 5) is 19.6. The van der Waals surface area contributed by atoms with Crippen LogP contribution in [0.3, 0.4) is 0 Å². The summed E-state index contributed by atoms with van der Waals surface area (Å²) in [5.74, 6) is 1.11. The molecular formula is C27H32FN3O2. The van der Waals surface area contributed by atoms with Gasteiger partial charge in [-0.1, -0.05) is 6.07 Å². The molecule has 1 aromatic heterocycles. The molecule has 5 nitrogen and oxygen atoms in total. The Morgan fingerprint density at radius 2 is 1.85 bits per heavy atom. The summed E-state index contributed by atoms with van der Waals surface area (Å²) in [6.45, 7) is 1.42. The molecule has 33 heavy (non-hydrogen) atoms. The van der Waals surface area contributed by atoms with Gasteiger partial charge in [-0.15, -0.1) is 0 Å². The van der Waals surface area contributed by atoms with E-state index in [4.69, 9.17) is 0 Å². The Kier molecular flexibility index (Phi) is 5.17. The molecule has 2 heterocycles. The van der Waals surface area contributed by atoms with Gasteiger partial charge in [0.25, 0.3) is 0 Å². The molecule has 1 aromatic carbocycles. The maximum Gasteiger partial charge on any atom is 0.226 e. The van der Waals surface area contributed by atoms with Crippen LogP contribution in [0.4, 0.5) is 10.1 Å². The predicted octanol–water partition coefficient (Wildman–Crippen LogP) is 4.16. The lowest BCUT2D eigenvalue weighted by Crippen LogP contribution is -2.60. The number of aliphatic hydroxyl groups is 1. The molecule has 2 aromatic rings. The van der Waals surface area contributed by atoms with Gasteiger partial charge in [0.2, 0.25) is 5.91 Å². The third-order valence-electron chi connectivity index (χ3n) is 8.76. The van der Waals surface area contributed by atoms with Gasteiger partial charge in [-0.05, 0) is 98.1 Å². The van der Waals surface area contributed by atoms with E-state index >= 15 is 4.39 Å². The number of hydrogen-bond donors (Lipinski definition) is 2. The highest BCUT2D eigenvalue weighted by molar-refractivity contribution is 5.83. The molecule has 6 heteroatoms. The average Bonchev–Trinajstić information content (AvgIpc) is 2.82. The molecule has 1 amide bonds. The topological polar surface area (TPSA) is 65.5 Å². The quantitative estimate of drug-likeness (QED) is 0.736. The number of carbonyl (C=O) groups is 1. The monoisotopic (exact) mass is 449 g/mol. The molecule has 0 spiro atoms. The predicted molar refractivity (Wildman–Crippen MR) is 125 cm³/mol. The number of aromatic nitrogens is 1. The number of carbonyl (C=O) groups excluding carboxylic acids is 1. The number of halogens is 1. The van der Waals surface area contributed by atoms with E-state index in [1.165, 1.54) is 0 Å². The second-order valence-corrected chi connectivity index (χ2v) is 10.9. The van der Waals surface area contributed by atoms with E-state index in [9.17, 15) is 9.90 Å². The first kappa shape index (κ1) is 21.1. The van der Waals surface area contributed by atoms with Crippen molar-refractivity contribution in [3.8, 4) is 11.1 Å². The molecule has 1 saturated heterocycles. The Bertz CT molecular complexity index is 1030. The van der Waals surface area contributed by atoms with E-state index in [0.717, 1.165) is 62.6 Å². The Balaban J connectivity index is 1.15. The van der Waals surface area contributed by atoms with Crippen LogP contribution in [-0.2, 0) is 4.79 Å². The summed E-state index contributed by atoms with van der Waals surface area (Å²) >= 11 is 0. The number of benzene rings is 1. The number of piperidine rings is 1. The second-order valence-electron chi connectivity index (χ2n) is 10.9. The van der Waals surface area contributed by atoms with E-state index in [-0.39, 0.29) is 41.1 Å². The van der Waals surface area contributed by atoms with Crippen LogP contribution in [0.25, 0.3) is 11.1 Å². The van der Waals surface area contributed by atoms with Gasteiger partial charge < -0.3 is 15.3 Å². The summed E-state index contributed by atoms with van der Waals surface area (Å²) < 4.78 is 15.1. The molecule has 2 N–H and O–H groups in total. The third-order valence-corrected chi connectivity index (χ3v) is 8.76. The van der Waals surface area contributed by atoms with Crippen molar-refractivity contribution in [2.24, 2.45) is 23.2 Å². The minimum absolute atomic E-state index is 0.0310.